The fraction of sp³-hybridized carbons (Fsp3) is 0.500. The van der Waals surface area contributed by atoms with Gasteiger partial charge in [0.1, 0.15) is 5.92 Å². The van der Waals surface area contributed by atoms with Gasteiger partial charge in [0.05, 0.1) is 12.2 Å². The standard InChI is InChI=1S/C16H20N2O2/c1-18(12-15-8-5-9-20-15)16(19)14(11-17)10-13-6-3-2-4-7-13/h2-4,6-7,14-15H,5,8-10,12H2,1H3. The third kappa shape index (κ3) is 3.82. The zero-order chi connectivity index (χ0) is 14.4. The maximum absolute atomic E-state index is 12.3. The van der Waals surface area contributed by atoms with Crippen LogP contribution in [0.5, 0.6) is 0 Å². The van der Waals surface area contributed by atoms with Crippen LogP contribution in [0.4, 0.5) is 0 Å². The molecule has 0 radical (unpaired) electrons. The minimum Gasteiger partial charge on any atom is -0.376 e. The molecule has 4 heteroatoms. The average molecular weight is 272 g/mol. The molecular formula is C16H20N2O2. The second-order valence-electron chi connectivity index (χ2n) is 5.23. The van der Waals surface area contributed by atoms with E-state index in [0.29, 0.717) is 13.0 Å². The van der Waals surface area contributed by atoms with Crippen molar-refractivity contribution in [2.24, 2.45) is 5.92 Å². The van der Waals surface area contributed by atoms with Gasteiger partial charge < -0.3 is 9.64 Å². The lowest BCUT2D eigenvalue weighted by molar-refractivity contribution is -0.133. The van der Waals surface area contributed by atoms with Crippen LogP contribution in [0.1, 0.15) is 18.4 Å². The molecule has 1 saturated heterocycles. The van der Waals surface area contributed by atoms with Crippen molar-refractivity contribution < 1.29 is 9.53 Å². The van der Waals surface area contributed by atoms with Crippen molar-refractivity contribution in [1.29, 1.82) is 5.26 Å². The van der Waals surface area contributed by atoms with Crippen LogP contribution in [-0.2, 0) is 16.0 Å². The molecule has 2 atom stereocenters. The third-order valence-electron chi connectivity index (χ3n) is 3.61. The second-order valence-corrected chi connectivity index (χ2v) is 5.23. The fourth-order valence-electron chi connectivity index (χ4n) is 2.49. The lowest BCUT2D eigenvalue weighted by Gasteiger charge is -2.23. The van der Waals surface area contributed by atoms with E-state index in [9.17, 15) is 10.1 Å². The normalized spacial score (nSPS) is 19.3. The molecule has 2 unspecified atom stereocenters. The second kappa shape index (κ2) is 7.06. The predicted molar refractivity (Wildman–Crippen MR) is 75.9 cm³/mol. The number of benzene rings is 1. The molecule has 0 bridgehead atoms. The van der Waals surface area contributed by atoms with E-state index in [-0.39, 0.29) is 12.0 Å². The number of ether oxygens (including phenoxy) is 1. The SMILES string of the molecule is CN(CC1CCCO1)C(=O)C(C#N)Cc1ccccc1. The van der Waals surface area contributed by atoms with Gasteiger partial charge in [0.25, 0.3) is 0 Å². The number of nitriles is 1. The topological polar surface area (TPSA) is 53.3 Å². The van der Waals surface area contributed by atoms with Gasteiger partial charge in [-0.2, -0.15) is 5.26 Å². The molecule has 0 saturated carbocycles. The summed E-state index contributed by atoms with van der Waals surface area (Å²) < 4.78 is 5.53. The van der Waals surface area contributed by atoms with Crippen LogP contribution in [0.3, 0.4) is 0 Å². The number of carbonyl (C=O) groups is 1. The number of amides is 1. The summed E-state index contributed by atoms with van der Waals surface area (Å²) in [5.41, 5.74) is 1.01. The summed E-state index contributed by atoms with van der Waals surface area (Å²) >= 11 is 0. The zero-order valence-electron chi connectivity index (χ0n) is 11.8. The van der Waals surface area contributed by atoms with Crippen molar-refractivity contribution in [2.75, 3.05) is 20.2 Å². The molecule has 0 aliphatic carbocycles. The lowest BCUT2D eigenvalue weighted by Crippen LogP contribution is -2.38. The highest BCUT2D eigenvalue weighted by molar-refractivity contribution is 5.81. The van der Waals surface area contributed by atoms with Crippen LogP contribution in [-0.4, -0.2) is 37.1 Å². The van der Waals surface area contributed by atoms with Gasteiger partial charge >= 0.3 is 0 Å². The highest BCUT2D eigenvalue weighted by atomic mass is 16.5. The first-order valence-electron chi connectivity index (χ1n) is 7.01. The molecule has 106 valence electrons. The summed E-state index contributed by atoms with van der Waals surface area (Å²) in [6.07, 6.45) is 2.64. The van der Waals surface area contributed by atoms with Gasteiger partial charge in [-0.25, -0.2) is 0 Å². The van der Waals surface area contributed by atoms with Gasteiger partial charge in [-0.1, -0.05) is 30.3 Å². The van der Waals surface area contributed by atoms with Crippen molar-refractivity contribution in [2.45, 2.75) is 25.4 Å². The Morgan fingerprint density at radius 2 is 2.25 bits per heavy atom. The summed E-state index contributed by atoms with van der Waals surface area (Å²) in [5, 5.41) is 9.24. The molecule has 0 N–H and O–H groups in total. The summed E-state index contributed by atoms with van der Waals surface area (Å²) in [5.74, 6) is -0.740. The van der Waals surface area contributed by atoms with E-state index in [1.165, 1.54) is 0 Å². The van der Waals surface area contributed by atoms with Gasteiger partial charge in [0.2, 0.25) is 5.91 Å². The van der Waals surface area contributed by atoms with Crippen LogP contribution < -0.4 is 0 Å². The molecular weight excluding hydrogens is 252 g/mol. The molecule has 1 aliphatic heterocycles. The zero-order valence-corrected chi connectivity index (χ0v) is 11.8. The van der Waals surface area contributed by atoms with E-state index in [0.717, 1.165) is 25.0 Å². The summed E-state index contributed by atoms with van der Waals surface area (Å²) in [6.45, 7) is 1.35. The van der Waals surface area contributed by atoms with E-state index in [2.05, 4.69) is 6.07 Å². The van der Waals surface area contributed by atoms with Crippen molar-refractivity contribution in [3.8, 4) is 6.07 Å². The van der Waals surface area contributed by atoms with Crippen molar-refractivity contribution in [3.63, 3.8) is 0 Å². The third-order valence-corrected chi connectivity index (χ3v) is 3.61. The van der Waals surface area contributed by atoms with Gasteiger partial charge in [-0.3, -0.25) is 4.79 Å². The van der Waals surface area contributed by atoms with E-state index in [1.54, 1.807) is 11.9 Å². The monoisotopic (exact) mass is 272 g/mol. The Morgan fingerprint density at radius 1 is 1.50 bits per heavy atom. The summed E-state index contributed by atoms with van der Waals surface area (Å²) in [6, 6.07) is 11.8. The Kier molecular flexibility index (Phi) is 5.14. The smallest absolute Gasteiger partial charge is 0.240 e. The van der Waals surface area contributed by atoms with E-state index in [4.69, 9.17) is 4.74 Å². The minimum atomic E-state index is -0.621. The van der Waals surface area contributed by atoms with E-state index >= 15 is 0 Å². The number of hydrogen-bond donors (Lipinski definition) is 0. The van der Waals surface area contributed by atoms with Crippen LogP contribution in [0.2, 0.25) is 0 Å². The molecule has 1 amide bonds. The molecule has 0 spiro atoms. The Balaban J connectivity index is 1.92. The van der Waals surface area contributed by atoms with Crippen LogP contribution in [0, 0.1) is 17.2 Å². The molecule has 1 aliphatic rings. The number of rotatable bonds is 5. The Hall–Kier alpha value is -1.86. The van der Waals surface area contributed by atoms with E-state index < -0.39 is 5.92 Å². The van der Waals surface area contributed by atoms with Crippen LogP contribution in [0.25, 0.3) is 0 Å². The van der Waals surface area contributed by atoms with Crippen LogP contribution >= 0.6 is 0 Å². The Morgan fingerprint density at radius 3 is 2.85 bits per heavy atom. The van der Waals surface area contributed by atoms with Crippen LogP contribution in [0.15, 0.2) is 30.3 Å². The molecule has 4 nitrogen and oxygen atoms in total. The van der Waals surface area contributed by atoms with Crippen molar-refractivity contribution >= 4 is 5.91 Å². The molecule has 0 aromatic heterocycles. The maximum atomic E-state index is 12.3. The number of nitrogens with zero attached hydrogens (tertiary/aromatic N) is 2. The van der Waals surface area contributed by atoms with Gasteiger partial charge in [-0.15, -0.1) is 0 Å². The fourth-order valence-corrected chi connectivity index (χ4v) is 2.49. The summed E-state index contributed by atoms with van der Waals surface area (Å²) in [4.78, 5) is 13.9. The quantitative estimate of drug-likeness (QED) is 0.824. The first-order valence-corrected chi connectivity index (χ1v) is 7.01. The number of likely N-dealkylation sites (N-methyl/N-ethyl adjacent to an activating group) is 1. The van der Waals surface area contributed by atoms with Crippen molar-refractivity contribution in [3.05, 3.63) is 35.9 Å². The molecule has 2 rings (SSSR count). The minimum absolute atomic E-state index is 0.119. The molecule has 1 fully saturated rings. The largest absolute Gasteiger partial charge is 0.376 e. The molecule has 20 heavy (non-hydrogen) atoms. The number of hydrogen-bond acceptors (Lipinski definition) is 3. The highest BCUT2D eigenvalue weighted by Crippen LogP contribution is 2.15. The molecule has 1 aromatic carbocycles. The number of carbonyl (C=O) groups excluding carboxylic acids is 1. The van der Waals surface area contributed by atoms with Gasteiger partial charge in [0.15, 0.2) is 0 Å². The highest BCUT2D eigenvalue weighted by Gasteiger charge is 2.25. The van der Waals surface area contributed by atoms with Crippen molar-refractivity contribution in [1.82, 2.24) is 4.90 Å². The van der Waals surface area contributed by atoms with E-state index in [1.807, 2.05) is 30.3 Å². The summed E-state index contributed by atoms with van der Waals surface area (Å²) in [7, 11) is 1.75. The molecule has 1 heterocycles. The first kappa shape index (κ1) is 14.5. The average Bonchev–Trinajstić information content (AvgIpc) is 2.98. The lowest BCUT2D eigenvalue weighted by atomic mass is 9.99. The van der Waals surface area contributed by atoms with Gasteiger partial charge in [0, 0.05) is 20.2 Å². The Bertz CT molecular complexity index is 475. The first-order chi connectivity index (χ1) is 9.70. The predicted octanol–water partition coefficient (Wildman–Crippen LogP) is 2.01. The maximum Gasteiger partial charge on any atom is 0.240 e. The molecule has 1 aromatic rings. The Labute approximate surface area is 120 Å². The van der Waals surface area contributed by atoms with Gasteiger partial charge in [-0.05, 0) is 24.8 Å².